The molecule has 1 aliphatic rings. The van der Waals surface area contributed by atoms with Crippen molar-refractivity contribution in [2.24, 2.45) is 5.92 Å². The number of amides is 1. The van der Waals surface area contributed by atoms with Crippen molar-refractivity contribution in [2.75, 3.05) is 6.54 Å². The fraction of sp³-hybridized carbons (Fsp3) is 0.381. The van der Waals surface area contributed by atoms with E-state index in [-0.39, 0.29) is 18.2 Å². The zero-order valence-electron chi connectivity index (χ0n) is 15.0. The first-order chi connectivity index (χ1) is 11.9. The smallest absolute Gasteiger partial charge is 0.220 e. The molecule has 1 heterocycles. The summed E-state index contributed by atoms with van der Waals surface area (Å²) < 4.78 is 0. The monoisotopic (exact) mass is 336 g/mol. The first-order valence-electron chi connectivity index (χ1n) is 8.73. The fourth-order valence-electron chi connectivity index (χ4n) is 3.33. The molecule has 25 heavy (non-hydrogen) atoms. The van der Waals surface area contributed by atoms with Crippen molar-refractivity contribution in [3.63, 3.8) is 0 Å². The minimum absolute atomic E-state index is 0.0214. The van der Waals surface area contributed by atoms with Gasteiger partial charge in [0.15, 0.2) is 0 Å². The quantitative estimate of drug-likeness (QED) is 0.877. The predicted molar refractivity (Wildman–Crippen MR) is 98.3 cm³/mol. The molecule has 0 aliphatic heterocycles. The van der Waals surface area contributed by atoms with Crippen LogP contribution in [-0.2, 0) is 9.59 Å². The van der Waals surface area contributed by atoms with Gasteiger partial charge in [-0.15, -0.1) is 0 Å². The number of aromatic nitrogens is 1. The lowest BCUT2D eigenvalue weighted by molar-refractivity contribution is -0.124. The van der Waals surface area contributed by atoms with Gasteiger partial charge in [-0.3, -0.25) is 14.6 Å². The SMILES string of the molecule is CC(=O)CNC(=O)C[C@@H]1C[C@H]1c1ccc(-c2cc(C)cc(C)c2)nc1. The number of benzene rings is 1. The first-order valence-corrected chi connectivity index (χ1v) is 8.73. The summed E-state index contributed by atoms with van der Waals surface area (Å²) in [5.41, 5.74) is 5.78. The van der Waals surface area contributed by atoms with Gasteiger partial charge in [0.2, 0.25) is 5.91 Å². The van der Waals surface area contributed by atoms with Crippen LogP contribution in [0, 0.1) is 19.8 Å². The Balaban J connectivity index is 1.60. The summed E-state index contributed by atoms with van der Waals surface area (Å²) in [5.74, 6) is 0.707. The number of carbonyl (C=O) groups is 2. The van der Waals surface area contributed by atoms with Crippen LogP contribution in [0.25, 0.3) is 11.3 Å². The topological polar surface area (TPSA) is 59.1 Å². The van der Waals surface area contributed by atoms with Crippen molar-refractivity contribution in [3.8, 4) is 11.3 Å². The number of hydrogen-bond acceptors (Lipinski definition) is 3. The first kappa shape index (κ1) is 17.3. The number of Topliss-reactive ketones (excluding diaryl/α,β-unsaturated/α-hetero) is 1. The van der Waals surface area contributed by atoms with Crippen LogP contribution in [0.4, 0.5) is 0 Å². The second kappa shape index (κ2) is 7.18. The Morgan fingerprint density at radius 3 is 2.48 bits per heavy atom. The minimum atomic E-state index is -0.0393. The van der Waals surface area contributed by atoms with E-state index in [1.165, 1.54) is 23.6 Å². The lowest BCUT2D eigenvalue weighted by Gasteiger charge is -2.06. The van der Waals surface area contributed by atoms with Crippen molar-refractivity contribution in [1.29, 1.82) is 0 Å². The van der Waals surface area contributed by atoms with Crippen LogP contribution >= 0.6 is 0 Å². The summed E-state index contributed by atoms with van der Waals surface area (Å²) in [6, 6.07) is 10.6. The molecule has 1 aromatic heterocycles. The molecule has 0 unspecified atom stereocenters. The van der Waals surface area contributed by atoms with Crippen molar-refractivity contribution in [3.05, 3.63) is 53.2 Å². The number of aryl methyl sites for hydroxylation is 2. The molecule has 0 bridgehead atoms. The lowest BCUT2D eigenvalue weighted by atomic mass is 10.0. The Bertz CT molecular complexity index is 776. The molecule has 1 amide bonds. The van der Waals surface area contributed by atoms with Gasteiger partial charge in [-0.1, -0.05) is 23.3 Å². The van der Waals surface area contributed by atoms with Gasteiger partial charge in [0.1, 0.15) is 5.78 Å². The van der Waals surface area contributed by atoms with Gasteiger partial charge in [0, 0.05) is 18.2 Å². The van der Waals surface area contributed by atoms with Crippen molar-refractivity contribution < 1.29 is 9.59 Å². The number of hydrogen-bond donors (Lipinski definition) is 1. The molecule has 4 heteroatoms. The number of pyridine rings is 1. The average molecular weight is 336 g/mol. The van der Waals surface area contributed by atoms with E-state index >= 15 is 0 Å². The second-order valence-electron chi connectivity index (χ2n) is 7.14. The van der Waals surface area contributed by atoms with Gasteiger partial charge in [-0.05, 0) is 62.8 Å². The Kier molecular flexibility index (Phi) is 4.98. The van der Waals surface area contributed by atoms with Gasteiger partial charge < -0.3 is 5.32 Å². The lowest BCUT2D eigenvalue weighted by Crippen LogP contribution is -2.28. The van der Waals surface area contributed by atoms with E-state index in [1.54, 1.807) is 0 Å². The van der Waals surface area contributed by atoms with E-state index in [0.29, 0.717) is 18.3 Å². The molecular formula is C21H24N2O2. The zero-order valence-corrected chi connectivity index (χ0v) is 15.0. The molecule has 0 saturated heterocycles. The van der Waals surface area contributed by atoms with Crippen LogP contribution < -0.4 is 5.32 Å². The third-order valence-electron chi connectivity index (χ3n) is 4.64. The van der Waals surface area contributed by atoms with E-state index in [4.69, 9.17) is 0 Å². The highest BCUT2D eigenvalue weighted by molar-refractivity contribution is 5.84. The molecule has 3 rings (SSSR count). The normalized spacial score (nSPS) is 18.7. The van der Waals surface area contributed by atoms with Crippen molar-refractivity contribution in [1.82, 2.24) is 10.3 Å². The molecule has 1 saturated carbocycles. The number of nitrogens with one attached hydrogen (secondary N) is 1. The Labute approximate surface area is 148 Å². The molecule has 1 fully saturated rings. The van der Waals surface area contributed by atoms with Crippen LogP contribution in [-0.4, -0.2) is 23.2 Å². The van der Waals surface area contributed by atoms with Crippen LogP contribution in [0.1, 0.15) is 42.4 Å². The maximum Gasteiger partial charge on any atom is 0.220 e. The van der Waals surface area contributed by atoms with Gasteiger partial charge in [0.25, 0.3) is 0 Å². The number of ketones is 1. The summed E-state index contributed by atoms with van der Waals surface area (Å²) in [5, 5.41) is 2.66. The number of nitrogens with zero attached hydrogens (tertiary/aromatic N) is 1. The highest BCUT2D eigenvalue weighted by atomic mass is 16.2. The van der Waals surface area contributed by atoms with Crippen molar-refractivity contribution in [2.45, 2.75) is 39.5 Å². The highest BCUT2D eigenvalue weighted by Gasteiger charge is 2.39. The Morgan fingerprint density at radius 1 is 1.16 bits per heavy atom. The van der Waals surface area contributed by atoms with E-state index in [9.17, 15) is 9.59 Å². The molecule has 0 spiro atoms. The average Bonchev–Trinajstić information content (AvgIpc) is 3.31. The van der Waals surface area contributed by atoms with Gasteiger partial charge >= 0.3 is 0 Å². The summed E-state index contributed by atoms with van der Waals surface area (Å²) in [7, 11) is 0. The van der Waals surface area contributed by atoms with Crippen LogP contribution in [0.15, 0.2) is 36.5 Å². The largest absolute Gasteiger partial charge is 0.349 e. The molecule has 2 aromatic rings. The zero-order chi connectivity index (χ0) is 18.0. The molecule has 1 aliphatic carbocycles. The molecule has 130 valence electrons. The predicted octanol–water partition coefficient (Wildman–Crippen LogP) is 3.56. The van der Waals surface area contributed by atoms with Crippen LogP contribution in [0.3, 0.4) is 0 Å². The second-order valence-corrected chi connectivity index (χ2v) is 7.14. The van der Waals surface area contributed by atoms with E-state index < -0.39 is 0 Å². The highest BCUT2D eigenvalue weighted by Crippen LogP contribution is 2.49. The number of carbonyl (C=O) groups excluding carboxylic acids is 2. The van der Waals surface area contributed by atoms with Gasteiger partial charge in [0.05, 0.1) is 12.2 Å². The molecular weight excluding hydrogens is 312 g/mol. The Hall–Kier alpha value is -2.49. The fourth-order valence-corrected chi connectivity index (χ4v) is 3.33. The van der Waals surface area contributed by atoms with Gasteiger partial charge in [-0.2, -0.15) is 0 Å². The maximum absolute atomic E-state index is 11.8. The summed E-state index contributed by atoms with van der Waals surface area (Å²) in [6.07, 6.45) is 3.43. The third kappa shape index (κ3) is 4.53. The van der Waals surface area contributed by atoms with E-state index in [0.717, 1.165) is 17.7 Å². The summed E-state index contributed by atoms with van der Waals surface area (Å²) in [6.45, 7) is 5.79. The van der Waals surface area contributed by atoms with Crippen LogP contribution in [0.2, 0.25) is 0 Å². The maximum atomic E-state index is 11.8. The van der Waals surface area contributed by atoms with Gasteiger partial charge in [-0.25, -0.2) is 0 Å². The molecule has 1 N–H and O–H groups in total. The molecule has 0 radical (unpaired) electrons. The van der Waals surface area contributed by atoms with E-state index in [1.807, 2.05) is 6.20 Å². The van der Waals surface area contributed by atoms with Crippen LogP contribution in [0.5, 0.6) is 0 Å². The Morgan fingerprint density at radius 2 is 1.88 bits per heavy atom. The molecule has 1 aromatic carbocycles. The standard InChI is InChI=1S/C21H24N2O2/c1-13-6-14(2)8-18(7-13)20-5-4-16(12-22-20)19-9-17(19)10-21(25)23-11-15(3)24/h4-8,12,17,19H,9-11H2,1-3H3,(H,23,25)/t17-,19-/m0/s1. The van der Waals surface area contributed by atoms with Crippen molar-refractivity contribution >= 4 is 11.7 Å². The molecule has 4 nitrogen and oxygen atoms in total. The summed E-state index contributed by atoms with van der Waals surface area (Å²) >= 11 is 0. The van der Waals surface area contributed by atoms with E-state index in [2.05, 4.69) is 54.5 Å². The summed E-state index contributed by atoms with van der Waals surface area (Å²) in [4.78, 5) is 27.3. The molecule has 2 atom stereocenters. The minimum Gasteiger partial charge on any atom is -0.349 e. The number of rotatable bonds is 6. The third-order valence-corrected chi connectivity index (χ3v) is 4.64.